The van der Waals surface area contributed by atoms with E-state index in [0.29, 0.717) is 49.0 Å². The highest BCUT2D eigenvalue weighted by molar-refractivity contribution is 7.86. The minimum Gasteiger partial charge on any atom is -0.422 e. The fourth-order valence-electron chi connectivity index (χ4n) is 6.57. The van der Waals surface area contributed by atoms with Crippen molar-refractivity contribution in [3.63, 3.8) is 0 Å². The minimum absolute atomic E-state index is 0.215. The average molecular weight is 710 g/mol. The van der Waals surface area contributed by atoms with Crippen LogP contribution >= 0.6 is 0 Å². The Hall–Kier alpha value is -2.81. The number of rotatable bonds is 14. The van der Waals surface area contributed by atoms with E-state index in [1.807, 2.05) is 32.3 Å². The van der Waals surface area contributed by atoms with Crippen molar-refractivity contribution >= 4 is 46.3 Å². The summed E-state index contributed by atoms with van der Waals surface area (Å²) in [6, 6.07) is 9.55. The van der Waals surface area contributed by atoms with Gasteiger partial charge in [0.15, 0.2) is 12.8 Å². The molecular formula is C32H45N2O10S2Si+. The molecule has 0 spiro atoms. The van der Waals surface area contributed by atoms with Crippen molar-refractivity contribution in [2.24, 2.45) is 0 Å². The van der Waals surface area contributed by atoms with Crippen LogP contribution in [0.2, 0.25) is 6.04 Å². The van der Waals surface area contributed by atoms with Gasteiger partial charge in [0.2, 0.25) is 5.69 Å². The van der Waals surface area contributed by atoms with Gasteiger partial charge in [0.25, 0.3) is 20.2 Å². The van der Waals surface area contributed by atoms with Crippen molar-refractivity contribution in [2.75, 3.05) is 39.3 Å². The van der Waals surface area contributed by atoms with Gasteiger partial charge < -0.3 is 22.9 Å². The highest BCUT2D eigenvalue weighted by Gasteiger charge is 2.54. The fraction of sp³-hybridized carbons (Fsp3) is 0.531. The van der Waals surface area contributed by atoms with Gasteiger partial charge in [-0.2, -0.15) is 21.4 Å². The van der Waals surface area contributed by atoms with Gasteiger partial charge in [-0.25, -0.2) is 0 Å². The molecular weight excluding hydrogens is 665 g/mol. The van der Waals surface area contributed by atoms with Crippen LogP contribution in [0.3, 0.4) is 0 Å². The molecule has 258 valence electrons. The molecule has 0 aliphatic carbocycles. The third kappa shape index (κ3) is 7.16. The SMILES string of the molecule is C#CCCCC[N+]1=C(OC2N(CCC[Si](OC)(OC)OC)c3ccc(S(=O)(=O)O)cc3C2(C)C)C(C)(C)c2cc(S(=O)(=O)O)ccc21. The summed E-state index contributed by atoms with van der Waals surface area (Å²) < 4.78 is 94.3. The van der Waals surface area contributed by atoms with Crippen molar-refractivity contribution in [3.05, 3.63) is 47.5 Å². The number of terminal acetylenes is 1. The highest BCUT2D eigenvalue weighted by Crippen LogP contribution is 2.49. The molecule has 2 aliphatic heterocycles. The van der Waals surface area contributed by atoms with Gasteiger partial charge in [-0.3, -0.25) is 9.11 Å². The Bertz CT molecular complexity index is 1790. The minimum atomic E-state index is -4.47. The molecule has 2 aliphatic rings. The molecule has 2 heterocycles. The molecule has 2 aromatic carbocycles. The molecule has 0 bridgehead atoms. The van der Waals surface area contributed by atoms with Crippen molar-refractivity contribution in [1.29, 1.82) is 0 Å². The third-order valence-corrected chi connectivity index (χ3v) is 13.7. The zero-order valence-corrected chi connectivity index (χ0v) is 30.6. The molecule has 15 heteroatoms. The molecule has 0 aromatic heterocycles. The summed E-state index contributed by atoms with van der Waals surface area (Å²) >= 11 is 0. The normalized spacial score (nSPS) is 18.6. The maximum Gasteiger partial charge on any atom is 0.500 e. The largest absolute Gasteiger partial charge is 0.500 e. The molecule has 4 rings (SSSR count). The Labute approximate surface area is 279 Å². The van der Waals surface area contributed by atoms with E-state index in [2.05, 4.69) is 10.8 Å². The van der Waals surface area contributed by atoms with Gasteiger partial charge in [0.05, 0.1) is 9.79 Å². The Morgan fingerprint density at radius 2 is 1.47 bits per heavy atom. The van der Waals surface area contributed by atoms with E-state index in [0.717, 1.165) is 24.2 Å². The van der Waals surface area contributed by atoms with Crippen molar-refractivity contribution < 1.29 is 48.5 Å². The van der Waals surface area contributed by atoms with E-state index in [9.17, 15) is 25.9 Å². The second kappa shape index (κ2) is 13.6. The fourth-order valence-corrected chi connectivity index (χ4v) is 9.29. The highest BCUT2D eigenvalue weighted by atomic mass is 32.2. The first-order valence-electron chi connectivity index (χ1n) is 15.3. The third-order valence-electron chi connectivity index (χ3n) is 9.17. The number of unbranched alkanes of at least 4 members (excludes halogenated alkanes) is 2. The summed E-state index contributed by atoms with van der Waals surface area (Å²) in [6.07, 6.45) is 7.54. The first-order chi connectivity index (χ1) is 21.9. The first kappa shape index (κ1) is 37.0. The quantitative estimate of drug-likeness (QED) is 0.0922. The number of benzene rings is 2. The molecule has 12 nitrogen and oxygen atoms in total. The summed E-state index contributed by atoms with van der Waals surface area (Å²) in [7, 11) is -7.18. The number of ether oxygens (including phenoxy) is 1. The van der Waals surface area contributed by atoms with E-state index in [-0.39, 0.29) is 9.79 Å². The molecule has 0 amide bonds. The van der Waals surface area contributed by atoms with E-state index < -0.39 is 46.1 Å². The van der Waals surface area contributed by atoms with Gasteiger partial charge in [-0.15, -0.1) is 12.3 Å². The molecule has 0 saturated carbocycles. The van der Waals surface area contributed by atoms with Crippen LogP contribution in [0.15, 0.2) is 46.2 Å². The van der Waals surface area contributed by atoms with Crippen LogP contribution in [0.1, 0.15) is 64.5 Å². The lowest BCUT2D eigenvalue weighted by Gasteiger charge is -2.35. The Kier molecular flexibility index (Phi) is 10.7. The number of fused-ring (bicyclic) bond motifs is 2. The van der Waals surface area contributed by atoms with Gasteiger partial charge in [0, 0.05) is 69.5 Å². The molecule has 0 fully saturated rings. The van der Waals surface area contributed by atoms with Crippen LogP contribution in [-0.4, -0.2) is 85.9 Å². The average Bonchev–Trinajstić information content (AvgIpc) is 3.35. The molecule has 2 N–H and O–H groups in total. The summed E-state index contributed by atoms with van der Waals surface area (Å²) in [5.41, 5.74) is 1.22. The Balaban J connectivity index is 1.83. The summed E-state index contributed by atoms with van der Waals surface area (Å²) in [4.78, 5) is 1.63. The van der Waals surface area contributed by atoms with Crippen LogP contribution in [0.25, 0.3) is 0 Å². The summed E-state index contributed by atoms with van der Waals surface area (Å²) in [5.74, 6) is 3.24. The van der Waals surface area contributed by atoms with E-state index >= 15 is 0 Å². The number of hydrogen-bond acceptors (Lipinski definition) is 9. The predicted octanol–water partition coefficient (Wildman–Crippen LogP) is 4.73. The molecule has 0 saturated heterocycles. The smallest absolute Gasteiger partial charge is 0.422 e. The molecule has 1 unspecified atom stereocenters. The second-order valence-corrected chi connectivity index (χ2v) is 18.8. The van der Waals surface area contributed by atoms with Crippen molar-refractivity contribution in [3.8, 4) is 12.3 Å². The standard InChI is InChI=1S/C32H44N2O10S2Si/c1-9-10-11-12-18-33-27-16-14-23(45(35,36)37)21-25(27)31(2,3)29(33)44-30-32(4,5)26-22-24(46(38,39)40)15-17-28(26)34(30)19-13-20-47(41-6,42-7)43-8/h1,14-17,21-22,30H,10-13,18-20H2,2-8H3,(H-,35,36,37,38,39,40)/p+1. The van der Waals surface area contributed by atoms with Crippen LogP contribution < -0.4 is 4.90 Å². The van der Waals surface area contributed by atoms with Crippen LogP contribution in [0, 0.1) is 12.3 Å². The zero-order chi connectivity index (χ0) is 35.0. The molecule has 2 aromatic rings. The first-order valence-corrected chi connectivity index (χ1v) is 20.1. The number of hydrogen-bond donors (Lipinski definition) is 2. The van der Waals surface area contributed by atoms with Crippen LogP contribution in [-0.2, 0) is 49.1 Å². The lowest BCUT2D eigenvalue weighted by atomic mass is 9.84. The second-order valence-electron chi connectivity index (χ2n) is 12.8. The predicted molar refractivity (Wildman–Crippen MR) is 179 cm³/mol. The summed E-state index contributed by atoms with van der Waals surface area (Å²) in [5, 5.41) is 0. The van der Waals surface area contributed by atoms with Crippen LogP contribution in [0.5, 0.6) is 0 Å². The number of nitrogens with zero attached hydrogens (tertiary/aromatic N) is 2. The van der Waals surface area contributed by atoms with E-state index in [1.165, 1.54) is 24.3 Å². The van der Waals surface area contributed by atoms with Gasteiger partial charge in [-0.1, -0.05) is 13.8 Å². The maximum atomic E-state index is 12.2. The lowest BCUT2D eigenvalue weighted by Crippen LogP contribution is -2.49. The number of anilines is 1. The van der Waals surface area contributed by atoms with Gasteiger partial charge in [-0.05, 0) is 62.6 Å². The lowest BCUT2D eigenvalue weighted by molar-refractivity contribution is -0.450. The molecule has 0 radical (unpaired) electrons. The van der Waals surface area contributed by atoms with Crippen molar-refractivity contribution in [2.45, 2.75) is 86.3 Å². The molecule has 1 atom stereocenters. The van der Waals surface area contributed by atoms with E-state index in [1.54, 1.807) is 33.5 Å². The molecule has 47 heavy (non-hydrogen) atoms. The topological polar surface area (TPSA) is 152 Å². The Morgan fingerprint density at radius 3 is 2.02 bits per heavy atom. The van der Waals surface area contributed by atoms with Crippen molar-refractivity contribution in [1.82, 2.24) is 0 Å². The zero-order valence-electron chi connectivity index (χ0n) is 27.9. The monoisotopic (exact) mass is 709 g/mol. The summed E-state index contributed by atoms with van der Waals surface area (Å²) in [6.45, 7) is 8.77. The van der Waals surface area contributed by atoms with Gasteiger partial charge in [0.1, 0.15) is 5.41 Å². The van der Waals surface area contributed by atoms with Crippen LogP contribution in [0.4, 0.5) is 11.4 Å². The Morgan fingerprint density at radius 1 is 0.894 bits per heavy atom. The van der Waals surface area contributed by atoms with E-state index in [4.69, 9.17) is 24.4 Å². The van der Waals surface area contributed by atoms with Gasteiger partial charge >= 0.3 is 14.7 Å². The maximum absolute atomic E-state index is 12.2.